The van der Waals surface area contributed by atoms with Crippen molar-refractivity contribution in [2.24, 2.45) is 5.16 Å². The molecule has 0 saturated carbocycles. The number of rotatable bonds is 9. The summed E-state index contributed by atoms with van der Waals surface area (Å²) in [5, 5.41) is 3.89. The van der Waals surface area contributed by atoms with Crippen LogP contribution in [0.4, 0.5) is 0 Å². The maximum Gasteiger partial charge on any atom is 0.351 e. The number of ether oxygens (including phenoxy) is 2. The lowest BCUT2D eigenvalue weighted by molar-refractivity contribution is -0.160. The van der Waals surface area contributed by atoms with E-state index in [0.29, 0.717) is 5.71 Å². The number of hydrogen-bond acceptors (Lipinski definition) is 9. The zero-order valence-electron chi connectivity index (χ0n) is 16.1. The molecular weight excluding hydrogens is 377 g/mol. The summed E-state index contributed by atoms with van der Waals surface area (Å²) in [7, 11) is 0.223. The minimum Gasteiger partial charge on any atom is -0.468 e. The molecule has 0 aliphatic heterocycles. The van der Waals surface area contributed by atoms with Gasteiger partial charge in [0.1, 0.15) is 0 Å². The summed E-state index contributed by atoms with van der Waals surface area (Å²) >= 11 is 0. The van der Waals surface area contributed by atoms with Crippen molar-refractivity contribution in [3.8, 4) is 0 Å². The second-order valence-electron chi connectivity index (χ2n) is 5.46. The average molecular weight is 401 g/mol. The molecular formula is C17H24NO8P. The maximum atomic E-state index is 12.8. The number of esters is 2. The van der Waals surface area contributed by atoms with Gasteiger partial charge in [-0.25, -0.2) is 4.79 Å². The van der Waals surface area contributed by atoms with E-state index >= 15 is 0 Å². The fourth-order valence-corrected chi connectivity index (χ4v) is 3.64. The van der Waals surface area contributed by atoms with Crippen LogP contribution in [0.2, 0.25) is 0 Å². The summed E-state index contributed by atoms with van der Waals surface area (Å²) in [6.07, 6.45) is -1.70. The summed E-state index contributed by atoms with van der Waals surface area (Å²) in [5.41, 5.74) is 0.504. The summed E-state index contributed by atoms with van der Waals surface area (Å²) in [6, 6.07) is 7.40. The number of aryl methyl sites for hydroxylation is 1. The molecule has 0 saturated heterocycles. The van der Waals surface area contributed by atoms with Gasteiger partial charge in [-0.2, -0.15) is 0 Å². The first-order chi connectivity index (χ1) is 12.7. The Labute approximate surface area is 158 Å². The van der Waals surface area contributed by atoms with Crippen LogP contribution in [0.25, 0.3) is 0 Å². The van der Waals surface area contributed by atoms with Crippen molar-refractivity contribution < 1.29 is 37.5 Å². The van der Waals surface area contributed by atoms with Crippen LogP contribution in [-0.4, -0.2) is 57.9 Å². The minimum absolute atomic E-state index is 0.428. The molecule has 1 aromatic rings. The van der Waals surface area contributed by atoms with Crippen molar-refractivity contribution in [3.63, 3.8) is 0 Å². The molecule has 2 atom stereocenters. The zero-order chi connectivity index (χ0) is 20.6. The summed E-state index contributed by atoms with van der Waals surface area (Å²) in [5.74, 6) is -2.01. The number of hydrogen-bond donors (Lipinski definition) is 0. The van der Waals surface area contributed by atoms with Gasteiger partial charge < -0.3 is 23.4 Å². The highest BCUT2D eigenvalue weighted by molar-refractivity contribution is 7.55. The molecule has 0 aromatic heterocycles. The van der Waals surface area contributed by atoms with Crippen molar-refractivity contribution in [2.75, 3.05) is 28.4 Å². The zero-order valence-corrected chi connectivity index (χ0v) is 17.0. The van der Waals surface area contributed by atoms with Gasteiger partial charge in [-0.1, -0.05) is 35.0 Å². The Bertz CT molecular complexity index is 723. The van der Waals surface area contributed by atoms with Crippen molar-refractivity contribution in [1.29, 1.82) is 0 Å². The normalized spacial score (nSPS) is 14.2. The van der Waals surface area contributed by atoms with Crippen LogP contribution in [-0.2, 0) is 37.5 Å². The molecule has 0 heterocycles. The monoisotopic (exact) mass is 401 g/mol. The van der Waals surface area contributed by atoms with Crippen molar-refractivity contribution in [2.45, 2.75) is 25.6 Å². The number of methoxy groups -OCH3 is 2. The van der Waals surface area contributed by atoms with Gasteiger partial charge in [0.2, 0.25) is 11.8 Å². The SMILES string of the molecule is COC(=O)C(O/N=C(\C)c1ccc(C)cc1)C(C(=O)OC)P(=O)(OC)OC. The van der Waals surface area contributed by atoms with Gasteiger partial charge in [0.25, 0.3) is 0 Å². The third-order valence-electron chi connectivity index (χ3n) is 3.79. The molecule has 0 spiro atoms. The van der Waals surface area contributed by atoms with Crippen LogP contribution >= 0.6 is 7.60 Å². The van der Waals surface area contributed by atoms with Crippen molar-refractivity contribution in [3.05, 3.63) is 35.4 Å². The van der Waals surface area contributed by atoms with Gasteiger partial charge in [-0.3, -0.25) is 9.36 Å². The first kappa shape index (κ1) is 22.8. The molecule has 10 heteroatoms. The lowest BCUT2D eigenvalue weighted by Gasteiger charge is -2.26. The summed E-state index contributed by atoms with van der Waals surface area (Å²) < 4.78 is 31.8. The van der Waals surface area contributed by atoms with Crippen LogP contribution < -0.4 is 0 Å². The molecule has 0 fully saturated rings. The van der Waals surface area contributed by atoms with Crippen molar-refractivity contribution >= 4 is 25.2 Å². The van der Waals surface area contributed by atoms with Gasteiger partial charge in [0.05, 0.1) is 19.9 Å². The maximum absolute atomic E-state index is 12.8. The number of oxime groups is 1. The Morgan fingerprint density at radius 3 is 1.93 bits per heavy atom. The Kier molecular flexibility index (Phi) is 8.62. The van der Waals surface area contributed by atoms with Crippen LogP contribution in [0.15, 0.2) is 29.4 Å². The molecule has 0 aliphatic rings. The Balaban J connectivity index is 3.27. The number of carbonyl (C=O) groups is 2. The van der Waals surface area contributed by atoms with E-state index in [2.05, 4.69) is 14.6 Å². The Morgan fingerprint density at radius 2 is 1.48 bits per heavy atom. The van der Waals surface area contributed by atoms with E-state index < -0.39 is 31.3 Å². The third kappa shape index (κ3) is 5.63. The molecule has 1 rings (SSSR count). The fourth-order valence-electron chi connectivity index (χ4n) is 2.17. The van der Waals surface area contributed by atoms with Gasteiger partial charge in [-0.05, 0) is 19.4 Å². The standard InChI is InChI=1S/C17H24NO8P/c1-11-7-9-13(10-8-11)12(2)18-26-14(16(19)22-3)15(17(20)23-4)27(21,24-5)25-6/h7-10,14-15H,1-6H3/b18-12+. The lowest BCUT2D eigenvalue weighted by atomic mass is 10.1. The Hall–Kier alpha value is -2.22. The second kappa shape index (κ2) is 10.2. The second-order valence-corrected chi connectivity index (χ2v) is 7.83. The highest BCUT2D eigenvalue weighted by Gasteiger charge is 2.52. The van der Waals surface area contributed by atoms with E-state index in [1.165, 1.54) is 0 Å². The van der Waals surface area contributed by atoms with Crippen LogP contribution in [0.3, 0.4) is 0 Å². The molecule has 1 aromatic carbocycles. The van der Waals surface area contributed by atoms with Gasteiger partial charge in [0.15, 0.2) is 0 Å². The topological polar surface area (TPSA) is 110 Å². The predicted molar refractivity (Wildman–Crippen MR) is 97.7 cm³/mol. The first-order valence-corrected chi connectivity index (χ1v) is 9.49. The highest BCUT2D eigenvalue weighted by atomic mass is 31.2. The van der Waals surface area contributed by atoms with E-state index in [1.54, 1.807) is 6.92 Å². The van der Waals surface area contributed by atoms with Gasteiger partial charge in [-0.15, -0.1) is 0 Å². The number of nitrogens with zero attached hydrogens (tertiary/aromatic N) is 1. The molecule has 150 valence electrons. The van der Waals surface area contributed by atoms with E-state index in [-0.39, 0.29) is 0 Å². The molecule has 0 radical (unpaired) electrons. The quantitative estimate of drug-likeness (QED) is 0.268. The number of benzene rings is 1. The molecule has 2 unspecified atom stereocenters. The van der Waals surface area contributed by atoms with E-state index in [0.717, 1.165) is 39.6 Å². The molecule has 27 heavy (non-hydrogen) atoms. The third-order valence-corrected chi connectivity index (χ3v) is 5.97. The van der Waals surface area contributed by atoms with Crippen molar-refractivity contribution in [1.82, 2.24) is 0 Å². The average Bonchev–Trinajstić information content (AvgIpc) is 2.69. The molecule has 0 amide bonds. The Morgan fingerprint density at radius 1 is 0.963 bits per heavy atom. The molecule has 9 nitrogen and oxygen atoms in total. The van der Waals surface area contributed by atoms with Crippen LogP contribution in [0.1, 0.15) is 18.1 Å². The smallest absolute Gasteiger partial charge is 0.351 e. The fraction of sp³-hybridized carbons (Fsp3) is 0.471. The summed E-state index contributed by atoms with van der Waals surface area (Å²) in [4.78, 5) is 29.6. The minimum atomic E-state index is -4.10. The van der Waals surface area contributed by atoms with E-state index in [9.17, 15) is 14.2 Å². The number of carbonyl (C=O) groups excluding carboxylic acids is 2. The van der Waals surface area contributed by atoms with Crippen LogP contribution in [0, 0.1) is 6.92 Å². The molecule has 0 N–H and O–H groups in total. The lowest BCUT2D eigenvalue weighted by Crippen LogP contribution is -2.43. The molecule has 0 aliphatic carbocycles. The predicted octanol–water partition coefficient (Wildman–Crippen LogP) is 2.30. The van der Waals surface area contributed by atoms with E-state index in [1.807, 2.05) is 31.2 Å². The highest BCUT2D eigenvalue weighted by Crippen LogP contribution is 2.54. The first-order valence-electron chi connectivity index (χ1n) is 7.88. The van der Waals surface area contributed by atoms with Gasteiger partial charge in [0, 0.05) is 14.2 Å². The summed E-state index contributed by atoms with van der Waals surface area (Å²) in [6.45, 7) is 3.59. The largest absolute Gasteiger partial charge is 0.468 e. The van der Waals surface area contributed by atoms with Crippen LogP contribution in [0.5, 0.6) is 0 Å². The van der Waals surface area contributed by atoms with Gasteiger partial charge >= 0.3 is 19.5 Å². The van der Waals surface area contributed by atoms with E-state index in [4.69, 9.17) is 13.9 Å². The molecule has 0 bridgehead atoms.